The van der Waals surface area contributed by atoms with Gasteiger partial charge in [-0.2, -0.15) is 0 Å². The Balaban J connectivity index is 1.96. The summed E-state index contributed by atoms with van der Waals surface area (Å²) < 4.78 is 0. The highest BCUT2D eigenvalue weighted by molar-refractivity contribution is 6.33. The SMILES string of the molecule is Clc1ccccc1N1CCNCC1c1ccccc1. The normalized spacial score (nSPS) is 19.4. The third kappa shape index (κ3) is 2.60. The van der Waals surface area contributed by atoms with Crippen LogP contribution >= 0.6 is 11.6 Å². The molecule has 1 aliphatic rings. The van der Waals surface area contributed by atoms with Gasteiger partial charge in [0.1, 0.15) is 0 Å². The molecule has 0 aliphatic carbocycles. The predicted octanol–water partition coefficient (Wildman–Crippen LogP) is 3.49. The molecule has 0 aromatic heterocycles. The summed E-state index contributed by atoms with van der Waals surface area (Å²) in [7, 11) is 0. The van der Waals surface area contributed by atoms with Crippen LogP contribution in [0.5, 0.6) is 0 Å². The minimum atomic E-state index is 0.342. The van der Waals surface area contributed by atoms with Crippen LogP contribution in [0.2, 0.25) is 5.02 Å². The fourth-order valence-corrected chi connectivity index (χ4v) is 2.89. The largest absolute Gasteiger partial charge is 0.361 e. The molecule has 3 heteroatoms. The lowest BCUT2D eigenvalue weighted by Crippen LogP contribution is -2.46. The summed E-state index contributed by atoms with van der Waals surface area (Å²) in [6.45, 7) is 2.92. The quantitative estimate of drug-likeness (QED) is 0.900. The van der Waals surface area contributed by atoms with Gasteiger partial charge in [-0.3, -0.25) is 0 Å². The number of anilines is 1. The zero-order valence-corrected chi connectivity index (χ0v) is 11.5. The van der Waals surface area contributed by atoms with Gasteiger partial charge in [-0.05, 0) is 17.7 Å². The van der Waals surface area contributed by atoms with Gasteiger partial charge in [0, 0.05) is 19.6 Å². The van der Waals surface area contributed by atoms with Crippen LogP contribution in [-0.2, 0) is 0 Å². The minimum absolute atomic E-state index is 0.342. The summed E-state index contributed by atoms with van der Waals surface area (Å²) in [5.74, 6) is 0. The van der Waals surface area contributed by atoms with Crippen LogP contribution in [0.1, 0.15) is 11.6 Å². The molecule has 2 aromatic rings. The number of halogens is 1. The molecule has 0 saturated carbocycles. The molecule has 1 N–H and O–H groups in total. The highest BCUT2D eigenvalue weighted by atomic mass is 35.5. The van der Waals surface area contributed by atoms with Crippen molar-refractivity contribution in [3.05, 3.63) is 65.2 Å². The smallest absolute Gasteiger partial charge is 0.0668 e. The maximum Gasteiger partial charge on any atom is 0.0668 e. The lowest BCUT2D eigenvalue weighted by atomic mass is 10.0. The fourth-order valence-electron chi connectivity index (χ4n) is 2.65. The highest BCUT2D eigenvalue weighted by Gasteiger charge is 2.24. The van der Waals surface area contributed by atoms with Gasteiger partial charge in [0.25, 0.3) is 0 Å². The molecule has 3 rings (SSSR count). The van der Waals surface area contributed by atoms with Gasteiger partial charge in [-0.1, -0.05) is 54.1 Å². The van der Waals surface area contributed by atoms with E-state index in [9.17, 15) is 0 Å². The molecule has 19 heavy (non-hydrogen) atoms. The molecule has 0 spiro atoms. The molecule has 1 heterocycles. The molecular formula is C16H17ClN2. The van der Waals surface area contributed by atoms with Gasteiger partial charge in [-0.15, -0.1) is 0 Å². The summed E-state index contributed by atoms with van der Waals surface area (Å²) in [5, 5.41) is 4.29. The van der Waals surface area contributed by atoms with E-state index in [2.05, 4.69) is 46.6 Å². The van der Waals surface area contributed by atoms with Crippen LogP contribution in [0, 0.1) is 0 Å². The molecule has 1 fully saturated rings. The lowest BCUT2D eigenvalue weighted by molar-refractivity contribution is 0.490. The van der Waals surface area contributed by atoms with Crippen LogP contribution in [0.3, 0.4) is 0 Å². The van der Waals surface area contributed by atoms with E-state index in [0.717, 1.165) is 30.3 Å². The third-order valence-corrected chi connectivity index (χ3v) is 3.91. The number of rotatable bonds is 2. The number of hydrogen-bond donors (Lipinski definition) is 1. The first-order valence-electron chi connectivity index (χ1n) is 6.63. The molecule has 98 valence electrons. The third-order valence-electron chi connectivity index (χ3n) is 3.59. The van der Waals surface area contributed by atoms with E-state index in [1.165, 1.54) is 5.56 Å². The number of piperazine rings is 1. The van der Waals surface area contributed by atoms with Crippen LogP contribution < -0.4 is 10.2 Å². The van der Waals surface area contributed by atoms with Crippen LogP contribution in [0.15, 0.2) is 54.6 Å². The van der Waals surface area contributed by atoms with Gasteiger partial charge in [-0.25, -0.2) is 0 Å². The standard InChI is InChI=1S/C16H17ClN2/c17-14-8-4-5-9-15(14)19-11-10-18-12-16(19)13-6-2-1-3-7-13/h1-9,16,18H,10-12H2. The molecule has 2 nitrogen and oxygen atoms in total. The zero-order valence-electron chi connectivity index (χ0n) is 10.7. The van der Waals surface area contributed by atoms with E-state index in [0.29, 0.717) is 6.04 Å². The van der Waals surface area contributed by atoms with E-state index in [1.807, 2.05) is 18.2 Å². The van der Waals surface area contributed by atoms with Gasteiger partial charge in [0.2, 0.25) is 0 Å². The number of nitrogens with one attached hydrogen (secondary N) is 1. The van der Waals surface area contributed by atoms with Crippen molar-refractivity contribution in [2.45, 2.75) is 6.04 Å². The Hall–Kier alpha value is -1.51. The average molecular weight is 273 g/mol. The number of benzene rings is 2. The van der Waals surface area contributed by atoms with Crippen molar-refractivity contribution in [3.63, 3.8) is 0 Å². The van der Waals surface area contributed by atoms with Gasteiger partial charge in [0.05, 0.1) is 16.8 Å². The van der Waals surface area contributed by atoms with Crippen molar-refractivity contribution in [1.29, 1.82) is 0 Å². The lowest BCUT2D eigenvalue weighted by Gasteiger charge is -2.38. The van der Waals surface area contributed by atoms with Crippen LogP contribution in [0.25, 0.3) is 0 Å². The van der Waals surface area contributed by atoms with Crippen molar-refractivity contribution in [1.82, 2.24) is 5.32 Å². The molecular weight excluding hydrogens is 256 g/mol. The average Bonchev–Trinajstić information content (AvgIpc) is 2.49. The first-order chi connectivity index (χ1) is 9.36. The first-order valence-corrected chi connectivity index (χ1v) is 7.01. The summed E-state index contributed by atoms with van der Waals surface area (Å²) >= 11 is 6.35. The highest BCUT2D eigenvalue weighted by Crippen LogP contribution is 2.33. The molecule has 0 bridgehead atoms. The molecule has 1 atom stereocenters. The van der Waals surface area contributed by atoms with Crippen molar-refractivity contribution in [2.75, 3.05) is 24.5 Å². The summed E-state index contributed by atoms with van der Waals surface area (Å²) in [6, 6.07) is 19.0. The maximum absolute atomic E-state index is 6.35. The summed E-state index contributed by atoms with van der Waals surface area (Å²) in [4.78, 5) is 2.40. The molecule has 2 aromatic carbocycles. The van der Waals surface area contributed by atoms with Gasteiger partial charge < -0.3 is 10.2 Å². The zero-order chi connectivity index (χ0) is 13.1. The van der Waals surface area contributed by atoms with Gasteiger partial charge >= 0.3 is 0 Å². The Morgan fingerprint density at radius 1 is 1.00 bits per heavy atom. The van der Waals surface area contributed by atoms with Crippen molar-refractivity contribution >= 4 is 17.3 Å². The van der Waals surface area contributed by atoms with E-state index in [4.69, 9.17) is 11.6 Å². The van der Waals surface area contributed by atoms with Crippen molar-refractivity contribution in [2.24, 2.45) is 0 Å². The molecule has 1 aliphatic heterocycles. The van der Waals surface area contributed by atoms with E-state index in [1.54, 1.807) is 0 Å². The van der Waals surface area contributed by atoms with E-state index >= 15 is 0 Å². The van der Waals surface area contributed by atoms with Crippen molar-refractivity contribution < 1.29 is 0 Å². The maximum atomic E-state index is 6.35. The molecule has 1 saturated heterocycles. The molecule has 1 unspecified atom stereocenters. The van der Waals surface area contributed by atoms with Gasteiger partial charge in [0.15, 0.2) is 0 Å². The second-order valence-electron chi connectivity index (χ2n) is 4.78. The fraction of sp³-hybridized carbons (Fsp3) is 0.250. The first kappa shape index (κ1) is 12.5. The minimum Gasteiger partial charge on any atom is -0.361 e. The van der Waals surface area contributed by atoms with E-state index < -0.39 is 0 Å². The second kappa shape index (κ2) is 5.64. The van der Waals surface area contributed by atoms with Crippen LogP contribution in [0.4, 0.5) is 5.69 Å². The number of nitrogens with zero attached hydrogens (tertiary/aromatic N) is 1. The molecule has 0 radical (unpaired) electrons. The van der Waals surface area contributed by atoms with Crippen LogP contribution in [-0.4, -0.2) is 19.6 Å². The number of para-hydroxylation sites is 1. The second-order valence-corrected chi connectivity index (χ2v) is 5.18. The Kier molecular flexibility index (Phi) is 3.72. The Morgan fingerprint density at radius 2 is 1.74 bits per heavy atom. The number of hydrogen-bond acceptors (Lipinski definition) is 2. The topological polar surface area (TPSA) is 15.3 Å². The summed E-state index contributed by atoms with van der Waals surface area (Å²) in [5.41, 5.74) is 2.45. The monoisotopic (exact) mass is 272 g/mol. The predicted molar refractivity (Wildman–Crippen MR) is 80.9 cm³/mol. The van der Waals surface area contributed by atoms with E-state index in [-0.39, 0.29) is 0 Å². The Bertz CT molecular complexity index is 541. The Labute approximate surface area is 119 Å². The Morgan fingerprint density at radius 3 is 2.53 bits per heavy atom. The molecule has 0 amide bonds. The van der Waals surface area contributed by atoms with Crippen molar-refractivity contribution in [3.8, 4) is 0 Å². The summed E-state index contributed by atoms with van der Waals surface area (Å²) in [6.07, 6.45) is 0.